The highest BCUT2D eigenvalue weighted by Crippen LogP contribution is 2.39. The van der Waals surface area contributed by atoms with E-state index in [1.807, 2.05) is 0 Å². The van der Waals surface area contributed by atoms with Gasteiger partial charge in [-0.2, -0.15) is 0 Å². The third-order valence-corrected chi connectivity index (χ3v) is 5.95. The second kappa shape index (κ2) is 9.93. The Morgan fingerprint density at radius 3 is 2.26 bits per heavy atom. The lowest BCUT2D eigenvalue weighted by atomic mass is 9.95. The maximum atomic E-state index is 14.0. The Bertz CT molecular complexity index is 1440. The third-order valence-electron chi connectivity index (χ3n) is 5.35. The minimum atomic E-state index is -1.51. The zero-order valence-electron chi connectivity index (χ0n) is 17.7. The molecule has 2 N–H and O–H groups in total. The molecule has 1 atom stereocenters. The Morgan fingerprint density at radius 1 is 0.971 bits per heavy atom. The Kier molecular flexibility index (Phi) is 6.95. The van der Waals surface area contributed by atoms with Crippen molar-refractivity contribution in [2.24, 2.45) is 0 Å². The molecule has 0 bridgehead atoms. The molecule has 0 aliphatic rings. The van der Waals surface area contributed by atoms with Crippen molar-refractivity contribution in [1.82, 2.24) is 10.3 Å². The molecule has 0 spiro atoms. The van der Waals surface area contributed by atoms with Crippen LogP contribution in [-0.2, 0) is 11.2 Å². The van der Waals surface area contributed by atoms with Gasteiger partial charge in [-0.3, -0.25) is 9.78 Å². The van der Waals surface area contributed by atoms with E-state index in [1.54, 1.807) is 24.3 Å². The minimum Gasteiger partial charge on any atom is -0.480 e. The summed E-state index contributed by atoms with van der Waals surface area (Å²) in [6.45, 7) is 0. The topological polar surface area (TPSA) is 79.3 Å². The summed E-state index contributed by atoms with van der Waals surface area (Å²) < 4.78 is 41.6. The number of fused-ring (bicyclic) bond motifs is 1. The van der Waals surface area contributed by atoms with Crippen molar-refractivity contribution in [3.63, 3.8) is 0 Å². The number of carbonyl (C=O) groups is 2. The quantitative estimate of drug-likeness (QED) is 0.325. The normalized spacial score (nSPS) is 11.9. The minimum absolute atomic E-state index is 0.0669. The van der Waals surface area contributed by atoms with Gasteiger partial charge in [-0.15, -0.1) is 0 Å². The largest absolute Gasteiger partial charge is 0.480 e. The van der Waals surface area contributed by atoms with Crippen LogP contribution in [-0.4, -0.2) is 28.0 Å². The van der Waals surface area contributed by atoms with Crippen molar-refractivity contribution in [3.8, 4) is 11.1 Å². The summed E-state index contributed by atoms with van der Waals surface area (Å²) in [5.74, 6) is -5.43. The molecule has 3 aromatic carbocycles. The van der Waals surface area contributed by atoms with Crippen LogP contribution in [0.3, 0.4) is 0 Å². The number of aromatic nitrogens is 1. The van der Waals surface area contributed by atoms with E-state index >= 15 is 0 Å². The van der Waals surface area contributed by atoms with Crippen molar-refractivity contribution in [2.45, 2.75) is 12.5 Å². The highest BCUT2D eigenvalue weighted by molar-refractivity contribution is 6.39. The summed E-state index contributed by atoms with van der Waals surface area (Å²) in [6, 6.07) is 10.1. The highest BCUT2D eigenvalue weighted by Gasteiger charge is 2.26. The van der Waals surface area contributed by atoms with Gasteiger partial charge in [0.25, 0.3) is 5.91 Å². The molecule has 0 aliphatic carbocycles. The smallest absolute Gasteiger partial charge is 0.326 e. The number of halogens is 5. The molecule has 35 heavy (non-hydrogen) atoms. The Labute approximate surface area is 207 Å². The molecule has 1 heterocycles. The molecule has 0 saturated heterocycles. The molecule has 0 radical (unpaired) electrons. The number of carboxylic acid groups (broad SMARTS) is 1. The van der Waals surface area contributed by atoms with Gasteiger partial charge >= 0.3 is 5.97 Å². The van der Waals surface area contributed by atoms with E-state index in [2.05, 4.69) is 10.3 Å². The molecule has 4 rings (SSSR count). The number of hydrogen-bond acceptors (Lipinski definition) is 3. The number of aliphatic carboxylic acids is 1. The van der Waals surface area contributed by atoms with Crippen LogP contribution in [0.4, 0.5) is 13.2 Å². The van der Waals surface area contributed by atoms with E-state index in [9.17, 15) is 27.9 Å². The Balaban J connectivity index is 1.73. The van der Waals surface area contributed by atoms with Crippen LogP contribution in [0, 0.1) is 17.5 Å². The van der Waals surface area contributed by atoms with Crippen molar-refractivity contribution < 1.29 is 27.9 Å². The lowest BCUT2D eigenvalue weighted by Gasteiger charge is -2.18. The average Bonchev–Trinajstić information content (AvgIpc) is 2.79. The van der Waals surface area contributed by atoms with Crippen LogP contribution < -0.4 is 5.32 Å². The van der Waals surface area contributed by atoms with E-state index in [1.165, 1.54) is 6.20 Å². The second-order valence-corrected chi connectivity index (χ2v) is 8.40. The third kappa shape index (κ3) is 4.94. The summed E-state index contributed by atoms with van der Waals surface area (Å²) in [6.07, 6.45) is 1.29. The SMILES string of the molecule is O=C(N[C@@H](Cc1ccc(-c2c(Cl)cc(F)cc2Cl)c2ncccc12)C(=O)O)c1c(F)cccc1F. The number of nitrogens with one attached hydrogen (secondary N) is 1. The molecule has 0 fully saturated rings. The number of benzene rings is 3. The summed E-state index contributed by atoms with van der Waals surface area (Å²) in [4.78, 5) is 28.7. The molecule has 10 heteroatoms. The van der Waals surface area contributed by atoms with Gasteiger partial charge in [-0.1, -0.05) is 47.5 Å². The molecule has 178 valence electrons. The maximum absolute atomic E-state index is 14.0. The first kappa shape index (κ1) is 24.5. The zero-order chi connectivity index (χ0) is 25.3. The van der Waals surface area contributed by atoms with Crippen molar-refractivity contribution in [3.05, 3.63) is 99.4 Å². The number of pyridine rings is 1. The van der Waals surface area contributed by atoms with Crippen LogP contribution in [0.25, 0.3) is 22.0 Å². The Hall–Kier alpha value is -3.62. The van der Waals surface area contributed by atoms with E-state index < -0.39 is 40.9 Å². The van der Waals surface area contributed by atoms with Gasteiger partial charge in [0.15, 0.2) is 0 Å². The van der Waals surface area contributed by atoms with Gasteiger partial charge < -0.3 is 10.4 Å². The van der Waals surface area contributed by atoms with Crippen molar-refractivity contribution in [1.29, 1.82) is 0 Å². The predicted molar refractivity (Wildman–Crippen MR) is 126 cm³/mol. The zero-order valence-corrected chi connectivity index (χ0v) is 19.2. The van der Waals surface area contributed by atoms with Crippen LogP contribution in [0.15, 0.2) is 60.8 Å². The number of carbonyl (C=O) groups excluding carboxylic acids is 1. The van der Waals surface area contributed by atoms with Crippen molar-refractivity contribution in [2.75, 3.05) is 0 Å². The molecular weight excluding hydrogens is 504 g/mol. The summed E-state index contributed by atoms with van der Waals surface area (Å²) in [7, 11) is 0. The van der Waals surface area contributed by atoms with Crippen molar-refractivity contribution >= 4 is 46.0 Å². The molecule has 0 aliphatic heterocycles. The van der Waals surface area contributed by atoms with E-state index in [0.29, 0.717) is 27.6 Å². The highest BCUT2D eigenvalue weighted by atomic mass is 35.5. The predicted octanol–water partition coefficient (Wildman–Crippen LogP) is 6.05. The fraction of sp³-hybridized carbons (Fsp3) is 0.0800. The van der Waals surface area contributed by atoms with Crippen LogP contribution in [0.2, 0.25) is 10.0 Å². The Morgan fingerprint density at radius 2 is 1.63 bits per heavy atom. The molecule has 4 aromatic rings. The second-order valence-electron chi connectivity index (χ2n) is 7.58. The van der Waals surface area contributed by atoms with E-state index in [4.69, 9.17) is 23.2 Å². The molecular formula is C25H15Cl2F3N2O3. The van der Waals surface area contributed by atoms with Crippen LogP contribution in [0.1, 0.15) is 15.9 Å². The summed E-state index contributed by atoms with van der Waals surface area (Å²) >= 11 is 12.5. The summed E-state index contributed by atoms with van der Waals surface area (Å²) in [5, 5.41) is 12.5. The lowest BCUT2D eigenvalue weighted by molar-refractivity contribution is -0.139. The number of carboxylic acids is 1. The van der Waals surface area contributed by atoms with Gasteiger partial charge in [0.05, 0.1) is 15.6 Å². The monoisotopic (exact) mass is 518 g/mol. The first-order valence-corrected chi connectivity index (χ1v) is 10.9. The van der Waals surface area contributed by atoms with Crippen LogP contribution in [0.5, 0.6) is 0 Å². The fourth-order valence-electron chi connectivity index (χ4n) is 3.78. The first-order valence-electron chi connectivity index (χ1n) is 10.2. The van der Waals surface area contributed by atoms with Gasteiger partial charge in [-0.05, 0) is 35.9 Å². The lowest BCUT2D eigenvalue weighted by Crippen LogP contribution is -2.43. The van der Waals surface area contributed by atoms with Gasteiger partial charge in [0, 0.05) is 29.1 Å². The van der Waals surface area contributed by atoms with Gasteiger partial charge in [0.2, 0.25) is 0 Å². The average molecular weight is 519 g/mol. The maximum Gasteiger partial charge on any atom is 0.326 e. The molecule has 1 amide bonds. The van der Waals surface area contributed by atoms with Gasteiger partial charge in [0.1, 0.15) is 29.1 Å². The van der Waals surface area contributed by atoms with E-state index in [-0.39, 0.29) is 16.5 Å². The number of amides is 1. The fourth-order valence-corrected chi connectivity index (χ4v) is 4.44. The molecule has 0 unspecified atom stereocenters. The van der Waals surface area contributed by atoms with E-state index in [0.717, 1.165) is 30.3 Å². The molecule has 1 aromatic heterocycles. The molecule has 0 saturated carbocycles. The van der Waals surface area contributed by atoms with Crippen LogP contribution >= 0.6 is 23.2 Å². The first-order chi connectivity index (χ1) is 16.7. The molecule has 5 nitrogen and oxygen atoms in total. The standard InChI is InChI=1S/C25H15Cl2F3N2O3/c26-16-10-13(28)11-17(27)21(16)15-7-6-12(14-3-2-8-31-23(14)15)9-20(25(34)35)32-24(33)22-18(29)4-1-5-19(22)30/h1-8,10-11,20H,9H2,(H,32,33)(H,34,35)/t20-/m0/s1. The number of nitrogens with zero attached hydrogens (tertiary/aromatic N) is 1. The number of rotatable bonds is 6. The summed E-state index contributed by atoms with van der Waals surface area (Å²) in [5.41, 5.74) is 0.858. The van der Waals surface area contributed by atoms with Gasteiger partial charge in [-0.25, -0.2) is 18.0 Å². The number of hydrogen-bond donors (Lipinski definition) is 2.